The van der Waals surface area contributed by atoms with E-state index in [9.17, 15) is 0 Å². The highest BCUT2D eigenvalue weighted by Crippen LogP contribution is 2.57. The van der Waals surface area contributed by atoms with Crippen molar-refractivity contribution in [1.29, 1.82) is 0 Å². The molecule has 2 atom stereocenters. The second kappa shape index (κ2) is 8.66. The summed E-state index contributed by atoms with van der Waals surface area (Å²) in [5.74, 6) is 2.65. The second-order valence-corrected chi connectivity index (χ2v) is 6.88. The maximum Gasteiger partial charge on any atom is 0.191 e. The fourth-order valence-electron chi connectivity index (χ4n) is 3.86. The van der Waals surface area contributed by atoms with Crippen molar-refractivity contribution in [2.45, 2.75) is 65.1 Å². The number of rotatable bonds is 6. The highest BCUT2D eigenvalue weighted by atomic mass is 127. The number of halogens is 1. The van der Waals surface area contributed by atoms with Crippen molar-refractivity contribution in [3.8, 4) is 0 Å². The van der Waals surface area contributed by atoms with Crippen LogP contribution in [0.2, 0.25) is 0 Å². The van der Waals surface area contributed by atoms with Crippen molar-refractivity contribution >= 4 is 29.9 Å². The number of aliphatic imine (C=N–C) groups is 1. The average Bonchev–Trinajstić information content (AvgIpc) is 2.81. The molecule has 142 valence electrons. The first-order valence-corrected chi connectivity index (χ1v) is 9.12. The average molecular weight is 462 g/mol. The van der Waals surface area contributed by atoms with Crippen LogP contribution in [0.1, 0.15) is 51.2 Å². The molecule has 2 fully saturated rings. The van der Waals surface area contributed by atoms with E-state index >= 15 is 0 Å². The van der Waals surface area contributed by atoms with Crippen molar-refractivity contribution in [2.24, 2.45) is 17.5 Å². The molecule has 1 aromatic heterocycles. The summed E-state index contributed by atoms with van der Waals surface area (Å²) in [4.78, 5) is 4.70. The normalized spacial score (nSPS) is 24.2. The predicted molar refractivity (Wildman–Crippen MR) is 109 cm³/mol. The molecule has 2 aliphatic rings. The van der Waals surface area contributed by atoms with Crippen LogP contribution in [0.15, 0.2) is 4.99 Å². The van der Waals surface area contributed by atoms with Gasteiger partial charge in [-0.2, -0.15) is 0 Å². The summed E-state index contributed by atoms with van der Waals surface area (Å²) in [6.45, 7) is 8.30. The molecule has 0 bridgehead atoms. The summed E-state index contributed by atoms with van der Waals surface area (Å²) in [5.41, 5.74) is 0.327. The summed E-state index contributed by atoms with van der Waals surface area (Å²) >= 11 is 0. The number of hydrogen-bond acceptors (Lipinski definition) is 4. The van der Waals surface area contributed by atoms with Crippen molar-refractivity contribution < 1.29 is 4.74 Å². The Kier molecular flexibility index (Phi) is 7.07. The fraction of sp³-hybridized carbons (Fsp3) is 0.824. The molecule has 2 N–H and O–H groups in total. The van der Waals surface area contributed by atoms with Gasteiger partial charge in [-0.1, -0.05) is 6.42 Å². The molecule has 2 aliphatic carbocycles. The smallest absolute Gasteiger partial charge is 0.191 e. The van der Waals surface area contributed by atoms with Gasteiger partial charge in [0.2, 0.25) is 0 Å². The molecule has 0 amide bonds. The number of guanidine groups is 1. The van der Waals surface area contributed by atoms with E-state index in [1.54, 1.807) is 0 Å². The summed E-state index contributed by atoms with van der Waals surface area (Å²) in [6.07, 6.45) is 5.32. The molecule has 2 saturated carbocycles. The molecule has 0 aromatic carbocycles. The van der Waals surface area contributed by atoms with E-state index in [4.69, 9.17) is 9.73 Å². The molecule has 8 heteroatoms. The molecular weight excluding hydrogens is 431 g/mol. The zero-order chi connectivity index (χ0) is 17.2. The van der Waals surface area contributed by atoms with Crippen molar-refractivity contribution in [1.82, 2.24) is 25.4 Å². The predicted octanol–water partition coefficient (Wildman–Crippen LogP) is 2.14. The lowest BCUT2D eigenvalue weighted by atomic mass is 9.51. The van der Waals surface area contributed by atoms with Crippen LogP contribution >= 0.6 is 24.0 Å². The molecule has 1 heterocycles. The molecule has 25 heavy (non-hydrogen) atoms. The first kappa shape index (κ1) is 20.4. The Morgan fingerprint density at radius 1 is 1.36 bits per heavy atom. The topological polar surface area (TPSA) is 76.4 Å². The van der Waals surface area contributed by atoms with Gasteiger partial charge in [0.1, 0.15) is 12.4 Å². The lowest BCUT2D eigenvalue weighted by Gasteiger charge is -2.61. The van der Waals surface area contributed by atoms with Crippen LogP contribution in [0, 0.1) is 12.3 Å². The number of nitrogens with zero attached hydrogens (tertiary/aromatic N) is 4. The van der Waals surface area contributed by atoms with Crippen molar-refractivity contribution in [3.63, 3.8) is 0 Å². The second-order valence-electron chi connectivity index (χ2n) is 6.88. The van der Waals surface area contributed by atoms with Crippen LogP contribution in [0.4, 0.5) is 0 Å². The maximum absolute atomic E-state index is 5.93. The molecule has 3 rings (SSSR count). The van der Waals surface area contributed by atoms with Crippen LogP contribution < -0.4 is 10.6 Å². The van der Waals surface area contributed by atoms with Gasteiger partial charge < -0.3 is 19.9 Å². The highest BCUT2D eigenvalue weighted by Gasteiger charge is 2.59. The van der Waals surface area contributed by atoms with Crippen molar-refractivity contribution in [2.75, 3.05) is 13.2 Å². The van der Waals surface area contributed by atoms with Crippen molar-refractivity contribution in [3.05, 3.63) is 11.6 Å². The van der Waals surface area contributed by atoms with Gasteiger partial charge in [-0.05, 0) is 40.0 Å². The third-order valence-corrected chi connectivity index (χ3v) is 5.65. The highest BCUT2D eigenvalue weighted by molar-refractivity contribution is 14.0. The number of hydrogen-bond donors (Lipinski definition) is 2. The van der Waals surface area contributed by atoms with Crippen LogP contribution in [0.3, 0.4) is 0 Å². The minimum absolute atomic E-state index is 0. The van der Waals surface area contributed by atoms with Crippen LogP contribution in [0.5, 0.6) is 0 Å². The Morgan fingerprint density at radius 3 is 2.64 bits per heavy atom. The Morgan fingerprint density at radius 2 is 2.12 bits per heavy atom. The Hall–Kier alpha value is -0.900. The summed E-state index contributed by atoms with van der Waals surface area (Å²) in [6, 6.07) is 0.460. The SMILES string of the molecule is CCNC(=NCc1nnc(C)n1C)NC1CC(OCC)C12CCC2.I. The first-order valence-electron chi connectivity index (χ1n) is 9.12. The van der Waals surface area contributed by atoms with Gasteiger partial charge in [0.25, 0.3) is 0 Å². The van der Waals surface area contributed by atoms with E-state index in [0.29, 0.717) is 24.1 Å². The van der Waals surface area contributed by atoms with Gasteiger partial charge >= 0.3 is 0 Å². The quantitative estimate of drug-likeness (QED) is 0.385. The monoisotopic (exact) mass is 462 g/mol. The molecule has 0 saturated heterocycles. The molecule has 7 nitrogen and oxygen atoms in total. The molecule has 1 spiro atoms. The van der Waals surface area contributed by atoms with Gasteiger partial charge in [0.05, 0.1) is 6.10 Å². The van der Waals surface area contributed by atoms with Gasteiger partial charge in [-0.25, -0.2) is 4.99 Å². The largest absolute Gasteiger partial charge is 0.378 e. The fourth-order valence-corrected chi connectivity index (χ4v) is 3.86. The van der Waals surface area contributed by atoms with E-state index in [2.05, 4.69) is 34.7 Å². The summed E-state index contributed by atoms with van der Waals surface area (Å²) in [5, 5.41) is 15.3. The third-order valence-electron chi connectivity index (χ3n) is 5.65. The van der Waals surface area contributed by atoms with Crippen LogP contribution in [-0.4, -0.2) is 46.0 Å². The number of aromatic nitrogens is 3. The third kappa shape index (κ3) is 3.94. The van der Waals surface area contributed by atoms with E-state index in [-0.39, 0.29) is 24.0 Å². The Labute approximate surface area is 167 Å². The van der Waals surface area contributed by atoms with Gasteiger partial charge in [0.15, 0.2) is 11.8 Å². The Balaban J connectivity index is 0.00000225. The maximum atomic E-state index is 5.93. The van der Waals surface area contributed by atoms with Gasteiger partial charge in [0, 0.05) is 31.7 Å². The first-order chi connectivity index (χ1) is 11.6. The number of nitrogens with one attached hydrogen (secondary N) is 2. The van der Waals surface area contributed by atoms with E-state index in [1.807, 2.05) is 18.5 Å². The summed E-state index contributed by atoms with van der Waals surface area (Å²) < 4.78 is 7.91. The van der Waals surface area contributed by atoms with E-state index < -0.39 is 0 Å². The molecule has 0 radical (unpaired) electrons. The lowest BCUT2D eigenvalue weighted by molar-refractivity contribution is -0.168. The standard InChI is InChI=1S/C17H30N6O.HI/c1-5-18-16(19-11-15-22-21-12(3)23(15)4)20-13-10-14(24-6-2)17(13)8-7-9-17;/h13-14H,5-11H2,1-4H3,(H2,18,19,20);1H. The molecular formula is C17H31IN6O. The zero-order valence-corrected chi connectivity index (χ0v) is 18.0. The molecule has 0 aliphatic heterocycles. The number of ether oxygens (including phenoxy) is 1. The molecule has 2 unspecified atom stereocenters. The van der Waals surface area contributed by atoms with E-state index in [1.165, 1.54) is 19.3 Å². The van der Waals surface area contributed by atoms with Gasteiger partial charge in [-0.15, -0.1) is 34.2 Å². The lowest BCUT2D eigenvalue weighted by Crippen LogP contribution is -2.68. The zero-order valence-electron chi connectivity index (χ0n) is 15.7. The van der Waals surface area contributed by atoms with Crippen LogP contribution in [-0.2, 0) is 18.3 Å². The van der Waals surface area contributed by atoms with Gasteiger partial charge in [-0.3, -0.25) is 0 Å². The minimum atomic E-state index is 0. The minimum Gasteiger partial charge on any atom is -0.378 e. The van der Waals surface area contributed by atoms with E-state index in [0.717, 1.165) is 37.2 Å². The molecule has 1 aromatic rings. The van der Waals surface area contributed by atoms with Crippen LogP contribution in [0.25, 0.3) is 0 Å². The summed E-state index contributed by atoms with van der Waals surface area (Å²) in [7, 11) is 1.97. The number of aryl methyl sites for hydroxylation is 1. The Bertz CT molecular complexity index is 598.